The molecule has 0 heterocycles. The SMILES string of the molecule is CCN(CC(=O)OC)C1CC(C(C)(C)C)CCC1CN. The van der Waals surface area contributed by atoms with Crippen molar-refractivity contribution in [1.29, 1.82) is 0 Å². The second-order valence-corrected chi connectivity index (χ2v) is 7.08. The van der Waals surface area contributed by atoms with Gasteiger partial charge in [-0.3, -0.25) is 9.69 Å². The molecular formula is C16H32N2O2. The topological polar surface area (TPSA) is 55.6 Å². The predicted molar refractivity (Wildman–Crippen MR) is 82.4 cm³/mol. The van der Waals surface area contributed by atoms with Crippen molar-refractivity contribution >= 4 is 5.97 Å². The number of ether oxygens (including phenoxy) is 1. The molecule has 1 aliphatic carbocycles. The summed E-state index contributed by atoms with van der Waals surface area (Å²) in [6.45, 7) is 11.0. The summed E-state index contributed by atoms with van der Waals surface area (Å²) in [4.78, 5) is 13.9. The zero-order chi connectivity index (χ0) is 15.3. The fourth-order valence-corrected chi connectivity index (χ4v) is 3.41. The monoisotopic (exact) mass is 284 g/mol. The maximum atomic E-state index is 11.6. The van der Waals surface area contributed by atoms with Crippen LogP contribution >= 0.6 is 0 Å². The third kappa shape index (κ3) is 4.45. The molecule has 4 nitrogen and oxygen atoms in total. The first-order valence-electron chi connectivity index (χ1n) is 7.84. The molecule has 118 valence electrons. The molecule has 0 radical (unpaired) electrons. The van der Waals surface area contributed by atoms with E-state index in [0.29, 0.717) is 36.4 Å². The maximum absolute atomic E-state index is 11.6. The van der Waals surface area contributed by atoms with E-state index < -0.39 is 0 Å². The highest BCUT2D eigenvalue weighted by molar-refractivity contribution is 5.71. The summed E-state index contributed by atoms with van der Waals surface area (Å²) in [7, 11) is 1.45. The Hall–Kier alpha value is -0.610. The third-order valence-corrected chi connectivity index (χ3v) is 4.92. The largest absolute Gasteiger partial charge is 0.468 e. The van der Waals surface area contributed by atoms with E-state index in [1.165, 1.54) is 20.0 Å². The molecule has 1 aliphatic rings. The molecule has 3 atom stereocenters. The molecule has 0 aromatic rings. The van der Waals surface area contributed by atoms with Gasteiger partial charge < -0.3 is 10.5 Å². The number of nitrogens with zero attached hydrogens (tertiary/aromatic N) is 1. The molecule has 20 heavy (non-hydrogen) atoms. The first-order valence-corrected chi connectivity index (χ1v) is 7.84. The highest BCUT2D eigenvalue weighted by Crippen LogP contribution is 2.41. The van der Waals surface area contributed by atoms with Gasteiger partial charge in [-0.2, -0.15) is 0 Å². The average molecular weight is 284 g/mol. The van der Waals surface area contributed by atoms with Crippen molar-refractivity contribution in [2.24, 2.45) is 23.0 Å². The lowest BCUT2D eigenvalue weighted by Gasteiger charge is -2.45. The molecule has 0 aromatic heterocycles. The molecular weight excluding hydrogens is 252 g/mol. The van der Waals surface area contributed by atoms with Crippen molar-refractivity contribution < 1.29 is 9.53 Å². The van der Waals surface area contributed by atoms with Gasteiger partial charge in [0.05, 0.1) is 13.7 Å². The van der Waals surface area contributed by atoms with Crippen molar-refractivity contribution in [1.82, 2.24) is 4.90 Å². The minimum atomic E-state index is -0.152. The van der Waals surface area contributed by atoms with E-state index in [9.17, 15) is 4.79 Å². The van der Waals surface area contributed by atoms with Crippen molar-refractivity contribution in [3.05, 3.63) is 0 Å². The smallest absolute Gasteiger partial charge is 0.319 e. The molecule has 3 unspecified atom stereocenters. The van der Waals surface area contributed by atoms with E-state index in [1.807, 2.05) is 0 Å². The quantitative estimate of drug-likeness (QED) is 0.787. The molecule has 0 spiro atoms. The Balaban J connectivity index is 2.81. The lowest BCUT2D eigenvalue weighted by Crippen LogP contribution is -2.50. The van der Waals surface area contributed by atoms with Crippen LogP contribution in [0.3, 0.4) is 0 Å². The Kier molecular flexibility index (Phi) is 6.46. The van der Waals surface area contributed by atoms with Crippen LogP contribution in [0.2, 0.25) is 0 Å². The number of hydrogen-bond donors (Lipinski definition) is 1. The second kappa shape index (κ2) is 7.41. The van der Waals surface area contributed by atoms with Gasteiger partial charge in [0.25, 0.3) is 0 Å². The average Bonchev–Trinajstić information content (AvgIpc) is 2.42. The summed E-state index contributed by atoms with van der Waals surface area (Å²) in [5, 5.41) is 0. The summed E-state index contributed by atoms with van der Waals surface area (Å²) >= 11 is 0. The number of hydrogen-bond acceptors (Lipinski definition) is 4. The fourth-order valence-electron chi connectivity index (χ4n) is 3.41. The number of likely N-dealkylation sites (N-methyl/N-ethyl adjacent to an activating group) is 1. The van der Waals surface area contributed by atoms with Gasteiger partial charge in [0.2, 0.25) is 0 Å². The van der Waals surface area contributed by atoms with Crippen LogP contribution < -0.4 is 5.73 Å². The summed E-state index contributed by atoms with van der Waals surface area (Å²) in [6.07, 6.45) is 3.55. The molecule has 0 aliphatic heterocycles. The molecule has 0 aromatic carbocycles. The lowest BCUT2D eigenvalue weighted by molar-refractivity contribution is -0.143. The van der Waals surface area contributed by atoms with Gasteiger partial charge in [-0.25, -0.2) is 0 Å². The van der Waals surface area contributed by atoms with Crippen molar-refractivity contribution in [3.8, 4) is 0 Å². The Morgan fingerprint density at radius 2 is 2.00 bits per heavy atom. The molecule has 1 rings (SSSR count). The zero-order valence-electron chi connectivity index (χ0n) is 13.8. The van der Waals surface area contributed by atoms with Crippen molar-refractivity contribution in [2.75, 3.05) is 26.7 Å². The first-order chi connectivity index (χ1) is 9.33. The van der Waals surface area contributed by atoms with Gasteiger partial charge in [0.1, 0.15) is 0 Å². The standard InChI is InChI=1S/C16H32N2O2/c1-6-18(11-15(19)20-5)14-9-13(16(2,3)4)8-7-12(14)10-17/h12-14H,6-11,17H2,1-5H3. The van der Waals surface area contributed by atoms with Gasteiger partial charge in [0, 0.05) is 6.04 Å². The Morgan fingerprint density at radius 1 is 1.35 bits per heavy atom. The Labute approximate surface area is 124 Å². The number of carbonyl (C=O) groups is 1. The van der Waals surface area contributed by atoms with E-state index in [0.717, 1.165) is 13.0 Å². The maximum Gasteiger partial charge on any atom is 0.319 e. The van der Waals surface area contributed by atoms with Gasteiger partial charge in [-0.15, -0.1) is 0 Å². The second-order valence-electron chi connectivity index (χ2n) is 7.08. The van der Waals surface area contributed by atoms with Crippen LogP contribution in [0.25, 0.3) is 0 Å². The molecule has 4 heteroatoms. The minimum Gasteiger partial charge on any atom is -0.468 e. The van der Waals surface area contributed by atoms with Crippen LogP contribution in [0.15, 0.2) is 0 Å². The van der Waals surface area contributed by atoms with Crippen molar-refractivity contribution in [2.45, 2.75) is 53.0 Å². The van der Waals surface area contributed by atoms with Gasteiger partial charge >= 0.3 is 5.97 Å². The molecule has 1 saturated carbocycles. The molecule has 0 amide bonds. The highest BCUT2D eigenvalue weighted by atomic mass is 16.5. The molecule has 0 bridgehead atoms. The Bertz CT molecular complexity index is 312. The van der Waals surface area contributed by atoms with Crippen LogP contribution in [0.1, 0.15) is 47.0 Å². The summed E-state index contributed by atoms with van der Waals surface area (Å²) in [5.41, 5.74) is 6.28. The van der Waals surface area contributed by atoms with E-state index in [2.05, 4.69) is 32.6 Å². The third-order valence-electron chi connectivity index (χ3n) is 4.92. The van der Waals surface area contributed by atoms with Gasteiger partial charge in [-0.1, -0.05) is 27.7 Å². The molecule has 2 N–H and O–H groups in total. The van der Waals surface area contributed by atoms with E-state index in [-0.39, 0.29) is 5.97 Å². The van der Waals surface area contributed by atoms with Gasteiger partial charge in [0.15, 0.2) is 0 Å². The van der Waals surface area contributed by atoms with Crippen LogP contribution in [0, 0.1) is 17.3 Å². The number of carbonyl (C=O) groups excluding carboxylic acids is 1. The number of esters is 1. The number of nitrogens with two attached hydrogens (primary N) is 1. The Morgan fingerprint density at radius 3 is 2.45 bits per heavy atom. The van der Waals surface area contributed by atoms with E-state index in [4.69, 9.17) is 10.5 Å². The zero-order valence-corrected chi connectivity index (χ0v) is 13.8. The lowest BCUT2D eigenvalue weighted by atomic mass is 9.67. The van der Waals surface area contributed by atoms with Crippen LogP contribution in [-0.2, 0) is 9.53 Å². The molecule has 0 saturated heterocycles. The highest BCUT2D eigenvalue weighted by Gasteiger charge is 2.38. The minimum absolute atomic E-state index is 0.152. The first kappa shape index (κ1) is 17.4. The van der Waals surface area contributed by atoms with Crippen LogP contribution in [0.5, 0.6) is 0 Å². The van der Waals surface area contributed by atoms with Crippen molar-refractivity contribution in [3.63, 3.8) is 0 Å². The fraction of sp³-hybridized carbons (Fsp3) is 0.938. The normalized spacial score (nSPS) is 27.6. The summed E-state index contributed by atoms with van der Waals surface area (Å²) in [5.74, 6) is 1.04. The van der Waals surface area contributed by atoms with Crippen LogP contribution in [0.4, 0.5) is 0 Å². The molecule has 1 fully saturated rings. The van der Waals surface area contributed by atoms with Crippen LogP contribution in [-0.4, -0.2) is 43.7 Å². The predicted octanol–water partition coefficient (Wildman–Crippen LogP) is 2.27. The van der Waals surface area contributed by atoms with E-state index >= 15 is 0 Å². The van der Waals surface area contributed by atoms with E-state index in [1.54, 1.807) is 0 Å². The summed E-state index contributed by atoms with van der Waals surface area (Å²) < 4.78 is 4.82. The number of methoxy groups -OCH3 is 1. The van der Waals surface area contributed by atoms with Gasteiger partial charge in [-0.05, 0) is 49.6 Å². The summed E-state index contributed by atoms with van der Waals surface area (Å²) in [6, 6.07) is 0.405. The number of rotatable bonds is 5.